The molecular weight excluding hydrogens is 126 g/mol. The molecule has 0 spiro atoms. The van der Waals surface area contributed by atoms with Crippen molar-refractivity contribution >= 4 is 18.8 Å². The Balaban J connectivity index is 2.35. The molecule has 0 aromatic heterocycles. The summed E-state index contributed by atoms with van der Waals surface area (Å²) in [6.07, 6.45) is 6.52. The fraction of sp³-hybridized carbons (Fsp3) is 0.571. The summed E-state index contributed by atoms with van der Waals surface area (Å²) in [6, 6.07) is 0. The molecule has 10 heavy (non-hydrogen) atoms. The Kier molecular flexibility index (Phi) is 1.01. The Labute approximate surface area is 59.6 Å². The molecule has 2 aliphatic rings. The number of rotatable bonds is 0. The lowest BCUT2D eigenvalue weighted by Gasteiger charge is -2.23. The quantitative estimate of drug-likeness (QED) is 0.473. The fourth-order valence-corrected chi connectivity index (χ4v) is 1.26. The Bertz CT molecular complexity index is 229. The predicted octanol–water partition coefficient (Wildman–Crippen LogP) is 0.906. The van der Waals surface area contributed by atoms with Gasteiger partial charge in [0.15, 0.2) is 6.17 Å². The van der Waals surface area contributed by atoms with Gasteiger partial charge in [0.2, 0.25) is 0 Å². The second-order valence-electron chi connectivity index (χ2n) is 2.96. The maximum Gasteiger partial charge on any atom is 0.151 e. The highest BCUT2D eigenvalue weighted by Crippen LogP contribution is 2.32. The van der Waals surface area contributed by atoms with Gasteiger partial charge in [-0.2, -0.15) is 0 Å². The zero-order valence-corrected chi connectivity index (χ0v) is 5.86. The van der Waals surface area contributed by atoms with Gasteiger partial charge in [0.25, 0.3) is 0 Å². The van der Waals surface area contributed by atoms with Gasteiger partial charge in [0.1, 0.15) is 6.34 Å². The van der Waals surface area contributed by atoms with Gasteiger partial charge in [-0.05, 0) is 6.42 Å². The standard InChI is InChI=1S/C7H9N3/c1-7-2-3-9-6(7)10-5-8-4-7/h3-6H,2H2,1H3/t6-,7?/m0/s1. The first-order valence-electron chi connectivity index (χ1n) is 3.39. The van der Waals surface area contributed by atoms with E-state index in [9.17, 15) is 0 Å². The highest BCUT2D eigenvalue weighted by atomic mass is 15.1. The van der Waals surface area contributed by atoms with Crippen LogP contribution in [0.4, 0.5) is 0 Å². The lowest BCUT2D eigenvalue weighted by Crippen LogP contribution is -2.29. The zero-order valence-electron chi connectivity index (χ0n) is 5.86. The first-order valence-corrected chi connectivity index (χ1v) is 3.39. The van der Waals surface area contributed by atoms with Gasteiger partial charge in [0.05, 0.1) is 5.41 Å². The summed E-state index contributed by atoms with van der Waals surface area (Å²) in [4.78, 5) is 12.4. The minimum Gasteiger partial charge on any atom is -0.270 e. The first-order chi connectivity index (χ1) is 4.81. The van der Waals surface area contributed by atoms with Gasteiger partial charge in [-0.1, -0.05) is 6.92 Å². The van der Waals surface area contributed by atoms with E-state index in [0.29, 0.717) is 0 Å². The third-order valence-electron chi connectivity index (χ3n) is 2.01. The first kappa shape index (κ1) is 5.77. The normalized spacial score (nSPS) is 42.3. The fourth-order valence-electron chi connectivity index (χ4n) is 1.26. The molecule has 3 heteroatoms. The molecule has 0 aliphatic carbocycles. The molecular formula is C7H9N3. The molecule has 0 fully saturated rings. The lowest BCUT2D eigenvalue weighted by atomic mass is 9.87. The highest BCUT2D eigenvalue weighted by Gasteiger charge is 2.36. The molecule has 0 bridgehead atoms. The third-order valence-corrected chi connectivity index (χ3v) is 2.01. The molecule has 2 atom stereocenters. The Morgan fingerprint density at radius 3 is 3.20 bits per heavy atom. The molecule has 2 heterocycles. The van der Waals surface area contributed by atoms with Crippen molar-refractivity contribution in [2.24, 2.45) is 20.4 Å². The van der Waals surface area contributed by atoms with Crippen molar-refractivity contribution < 1.29 is 0 Å². The topological polar surface area (TPSA) is 37.1 Å². The molecule has 0 amide bonds. The summed E-state index contributed by atoms with van der Waals surface area (Å²) in [5.74, 6) is 0. The van der Waals surface area contributed by atoms with Crippen molar-refractivity contribution in [1.82, 2.24) is 0 Å². The van der Waals surface area contributed by atoms with Crippen molar-refractivity contribution in [3.05, 3.63) is 0 Å². The highest BCUT2D eigenvalue weighted by molar-refractivity contribution is 5.84. The number of aliphatic imine (C=N–C) groups is 3. The Morgan fingerprint density at radius 1 is 1.50 bits per heavy atom. The second kappa shape index (κ2) is 1.75. The van der Waals surface area contributed by atoms with Gasteiger partial charge >= 0.3 is 0 Å². The van der Waals surface area contributed by atoms with Gasteiger partial charge in [0, 0.05) is 12.4 Å². The molecule has 1 unspecified atom stereocenters. The number of hydrogen-bond acceptors (Lipinski definition) is 3. The van der Waals surface area contributed by atoms with Crippen LogP contribution in [-0.4, -0.2) is 24.9 Å². The molecule has 0 aromatic rings. The summed E-state index contributed by atoms with van der Waals surface area (Å²) in [5, 5.41) is 0. The predicted molar refractivity (Wildman–Crippen MR) is 42.0 cm³/mol. The molecule has 0 saturated heterocycles. The van der Waals surface area contributed by atoms with Crippen molar-refractivity contribution in [1.29, 1.82) is 0 Å². The van der Waals surface area contributed by atoms with Crippen molar-refractivity contribution in [2.45, 2.75) is 19.5 Å². The van der Waals surface area contributed by atoms with E-state index in [2.05, 4.69) is 21.9 Å². The lowest BCUT2D eigenvalue weighted by molar-refractivity contribution is 0.428. The summed E-state index contributed by atoms with van der Waals surface area (Å²) >= 11 is 0. The molecule has 0 N–H and O–H groups in total. The molecule has 0 aromatic carbocycles. The van der Waals surface area contributed by atoms with Gasteiger partial charge in [-0.3, -0.25) is 4.99 Å². The van der Waals surface area contributed by atoms with Crippen molar-refractivity contribution in [2.75, 3.05) is 0 Å². The van der Waals surface area contributed by atoms with Crippen LogP contribution in [-0.2, 0) is 0 Å². The van der Waals surface area contributed by atoms with Crippen LogP contribution >= 0.6 is 0 Å². The van der Waals surface area contributed by atoms with E-state index in [1.54, 1.807) is 6.34 Å². The second-order valence-corrected chi connectivity index (χ2v) is 2.96. The maximum absolute atomic E-state index is 4.22. The van der Waals surface area contributed by atoms with E-state index in [4.69, 9.17) is 0 Å². The smallest absolute Gasteiger partial charge is 0.151 e. The van der Waals surface area contributed by atoms with E-state index >= 15 is 0 Å². The van der Waals surface area contributed by atoms with Crippen LogP contribution in [0.15, 0.2) is 15.0 Å². The average molecular weight is 135 g/mol. The largest absolute Gasteiger partial charge is 0.270 e. The van der Waals surface area contributed by atoms with E-state index in [1.807, 2.05) is 12.4 Å². The number of hydrogen-bond donors (Lipinski definition) is 0. The van der Waals surface area contributed by atoms with E-state index < -0.39 is 0 Å². The summed E-state index contributed by atoms with van der Waals surface area (Å²) in [6.45, 7) is 2.13. The van der Waals surface area contributed by atoms with Crippen LogP contribution in [0.2, 0.25) is 0 Å². The summed E-state index contributed by atoms with van der Waals surface area (Å²) in [5.41, 5.74) is 0.0781. The Hall–Kier alpha value is -0.990. The third kappa shape index (κ3) is 0.632. The van der Waals surface area contributed by atoms with Crippen LogP contribution in [0.5, 0.6) is 0 Å². The number of fused-ring (bicyclic) bond motifs is 1. The minimum absolute atomic E-state index is 0.0781. The molecule has 0 radical (unpaired) electrons. The Morgan fingerprint density at radius 2 is 2.40 bits per heavy atom. The monoisotopic (exact) mass is 135 g/mol. The summed E-state index contributed by atoms with van der Waals surface area (Å²) < 4.78 is 0. The summed E-state index contributed by atoms with van der Waals surface area (Å²) in [7, 11) is 0. The van der Waals surface area contributed by atoms with Crippen molar-refractivity contribution in [3.63, 3.8) is 0 Å². The van der Waals surface area contributed by atoms with Crippen LogP contribution in [0.25, 0.3) is 0 Å². The van der Waals surface area contributed by atoms with E-state index in [-0.39, 0.29) is 11.6 Å². The van der Waals surface area contributed by atoms with Crippen LogP contribution < -0.4 is 0 Å². The average Bonchev–Trinajstić information content (AvgIpc) is 2.29. The van der Waals surface area contributed by atoms with Crippen LogP contribution in [0.3, 0.4) is 0 Å². The van der Waals surface area contributed by atoms with Crippen LogP contribution in [0, 0.1) is 5.41 Å². The van der Waals surface area contributed by atoms with Gasteiger partial charge in [-0.25, -0.2) is 9.98 Å². The number of nitrogens with zero attached hydrogens (tertiary/aromatic N) is 3. The zero-order chi connectivity index (χ0) is 7.03. The van der Waals surface area contributed by atoms with Crippen molar-refractivity contribution in [3.8, 4) is 0 Å². The molecule has 0 saturated carbocycles. The van der Waals surface area contributed by atoms with E-state index in [0.717, 1.165) is 6.42 Å². The molecule has 2 aliphatic heterocycles. The molecule has 2 rings (SSSR count). The SMILES string of the molecule is CC12C=NC=N[C@@H]1N=CC2. The minimum atomic E-state index is 0.0781. The van der Waals surface area contributed by atoms with Gasteiger partial charge in [-0.15, -0.1) is 0 Å². The molecule has 52 valence electrons. The van der Waals surface area contributed by atoms with E-state index in [1.165, 1.54) is 0 Å². The van der Waals surface area contributed by atoms with Gasteiger partial charge < -0.3 is 0 Å². The van der Waals surface area contributed by atoms with Crippen LogP contribution in [0.1, 0.15) is 13.3 Å². The maximum atomic E-state index is 4.22. The molecule has 3 nitrogen and oxygen atoms in total.